The summed E-state index contributed by atoms with van der Waals surface area (Å²) in [4.78, 5) is 57.5. The Bertz CT molecular complexity index is 1440. The number of carbonyl (C=O) groups excluding carboxylic acids is 4. The maximum Gasteiger partial charge on any atom is 0.329 e. The second-order valence-electron chi connectivity index (χ2n) is 16.7. The van der Waals surface area contributed by atoms with Gasteiger partial charge in [-0.15, -0.1) is 0 Å². The highest BCUT2D eigenvalue weighted by molar-refractivity contribution is 6.39. The molecule has 2 N–H and O–H groups in total. The Balaban J connectivity index is 1.76. The van der Waals surface area contributed by atoms with Crippen molar-refractivity contribution in [3.63, 3.8) is 0 Å². The lowest BCUT2D eigenvalue weighted by Gasteiger charge is -2.47. The first-order valence-corrected chi connectivity index (χ1v) is 20.4. The van der Waals surface area contributed by atoms with Gasteiger partial charge in [0.25, 0.3) is 11.7 Å². The van der Waals surface area contributed by atoms with Crippen LogP contribution in [0.5, 0.6) is 0 Å². The van der Waals surface area contributed by atoms with Crippen LogP contribution in [0.1, 0.15) is 106 Å². The lowest BCUT2D eigenvalue weighted by Crippen LogP contribution is -2.64. The molecule has 12 heteroatoms. The largest absolute Gasteiger partial charge is 0.456 e. The third-order valence-electron chi connectivity index (χ3n) is 12.4. The zero-order valence-electron chi connectivity index (χ0n) is 34.5. The van der Waals surface area contributed by atoms with Crippen LogP contribution in [0, 0.1) is 29.6 Å². The molecule has 13 atom stereocenters. The Hall–Kier alpha value is -2.74. The second-order valence-corrected chi connectivity index (χ2v) is 16.7. The Morgan fingerprint density at radius 3 is 2.29 bits per heavy atom. The van der Waals surface area contributed by atoms with Crippen molar-refractivity contribution in [3.05, 3.63) is 35.5 Å². The number of rotatable bonds is 6. The normalized spacial score (nSPS) is 41.0. The van der Waals surface area contributed by atoms with Crippen molar-refractivity contribution in [2.45, 2.75) is 154 Å². The van der Waals surface area contributed by atoms with E-state index < -0.39 is 71.8 Å². The van der Waals surface area contributed by atoms with Crippen molar-refractivity contribution in [2.24, 2.45) is 29.6 Å². The molecule has 3 fully saturated rings. The van der Waals surface area contributed by atoms with E-state index in [1.165, 1.54) is 4.90 Å². The van der Waals surface area contributed by atoms with E-state index in [2.05, 4.69) is 13.0 Å². The number of hydrogen-bond acceptors (Lipinski definition) is 11. The summed E-state index contributed by atoms with van der Waals surface area (Å²) in [5.41, 5.74) is 1.82. The summed E-state index contributed by atoms with van der Waals surface area (Å²) in [7, 11) is 4.68. The van der Waals surface area contributed by atoms with Gasteiger partial charge in [-0.1, -0.05) is 51.5 Å². The van der Waals surface area contributed by atoms with E-state index >= 15 is 0 Å². The predicted molar refractivity (Wildman–Crippen MR) is 207 cm³/mol. The van der Waals surface area contributed by atoms with Gasteiger partial charge in [0.15, 0.2) is 5.78 Å². The van der Waals surface area contributed by atoms with Crippen LogP contribution < -0.4 is 0 Å². The van der Waals surface area contributed by atoms with Crippen LogP contribution >= 0.6 is 0 Å². The summed E-state index contributed by atoms with van der Waals surface area (Å²) in [5.74, 6) is -6.74. The number of aliphatic hydroxyl groups is 2. The predicted octanol–water partition coefficient (Wildman–Crippen LogP) is 5.28. The Kier molecular flexibility index (Phi) is 16.4. The number of methoxy groups -OCH3 is 3. The number of ether oxygens (including phenoxy) is 5. The van der Waals surface area contributed by atoms with Crippen molar-refractivity contribution in [3.8, 4) is 0 Å². The average molecular weight is 774 g/mol. The minimum absolute atomic E-state index is 0.0487. The highest BCUT2D eigenvalue weighted by Gasteiger charge is 2.56. The number of Topliss-reactive ketones (excluding diaryl/α,β-unsaturated/α-hetero) is 1. The van der Waals surface area contributed by atoms with Gasteiger partial charge in [0, 0.05) is 45.6 Å². The van der Waals surface area contributed by atoms with E-state index in [0.717, 1.165) is 17.6 Å². The maximum absolute atomic E-state index is 14.2. The zero-order valence-corrected chi connectivity index (χ0v) is 34.5. The van der Waals surface area contributed by atoms with Gasteiger partial charge >= 0.3 is 5.97 Å². The number of allylic oxidation sites excluding steroid dienone is 4. The number of piperidine rings is 1. The lowest BCUT2D eigenvalue weighted by molar-refractivity contribution is -0.302. The minimum Gasteiger partial charge on any atom is -0.456 e. The van der Waals surface area contributed by atoms with Crippen LogP contribution in [-0.4, -0.2) is 115 Å². The zero-order chi connectivity index (χ0) is 40.6. The molecule has 4 aliphatic rings. The number of fused-ring (bicyclic) bond motifs is 3. The SMILES string of the molecule is CC[C@@H]1/C=C(\C)C[C@H](C)C[C@H](OC)[C@H]2O[C@@](O)(C(=O)C(=O)N3CCCC[C@H]3C(=O)O[C@H](/C(C)=C/[C@@H]3CC[C@@H](O)[C@H](OC)C3)[C@H](C)/C=C/C1=O)[C@H](C)C[C@@H]2OC. The van der Waals surface area contributed by atoms with Gasteiger partial charge < -0.3 is 38.8 Å². The van der Waals surface area contributed by atoms with Gasteiger partial charge in [-0.3, -0.25) is 14.4 Å². The fourth-order valence-electron chi connectivity index (χ4n) is 9.08. The molecule has 310 valence electrons. The number of carbonyl (C=O) groups is 4. The maximum atomic E-state index is 14.2. The van der Waals surface area contributed by atoms with Gasteiger partial charge in [0.2, 0.25) is 5.79 Å². The molecular weight excluding hydrogens is 706 g/mol. The van der Waals surface area contributed by atoms with Gasteiger partial charge in [0.05, 0.1) is 24.4 Å². The summed E-state index contributed by atoms with van der Waals surface area (Å²) >= 11 is 0. The number of amides is 1. The minimum atomic E-state index is -2.47. The van der Waals surface area contributed by atoms with E-state index in [4.69, 9.17) is 23.7 Å². The summed E-state index contributed by atoms with van der Waals surface area (Å²) < 4.78 is 29.8. The Morgan fingerprint density at radius 1 is 0.964 bits per heavy atom. The number of esters is 1. The fourth-order valence-corrected chi connectivity index (χ4v) is 9.08. The summed E-state index contributed by atoms with van der Waals surface area (Å²) in [6.45, 7) is 11.6. The van der Waals surface area contributed by atoms with Gasteiger partial charge in [-0.05, 0) is 102 Å². The third-order valence-corrected chi connectivity index (χ3v) is 12.4. The Labute approximate surface area is 328 Å². The first-order valence-electron chi connectivity index (χ1n) is 20.4. The van der Waals surface area contributed by atoms with Crippen molar-refractivity contribution >= 4 is 23.4 Å². The van der Waals surface area contributed by atoms with Crippen molar-refractivity contribution < 1.29 is 53.1 Å². The molecule has 1 saturated carbocycles. The van der Waals surface area contributed by atoms with Crippen LogP contribution in [0.2, 0.25) is 0 Å². The molecule has 3 heterocycles. The lowest BCUT2D eigenvalue weighted by atomic mass is 9.82. The van der Waals surface area contributed by atoms with Gasteiger partial charge in [0.1, 0.15) is 18.2 Å². The van der Waals surface area contributed by atoms with Crippen LogP contribution in [0.3, 0.4) is 0 Å². The molecule has 4 rings (SSSR count). The number of cyclic esters (lactones) is 1. The van der Waals surface area contributed by atoms with Crippen molar-refractivity contribution in [1.82, 2.24) is 4.90 Å². The van der Waals surface area contributed by atoms with Crippen molar-refractivity contribution in [1.29, 1.82) is 0 Å². The molecule has 1 amide bonds. The number of aliphatic hydroxyl groups excluding tert-OH is 1. The molecule has 0 spiro atoms. The highest BCUT2D eigenvalue weighted by atomic mass is 16.7. The van der Waals surface area contributed by atoms with Crippen LogP contribution in [0.25, 0.3) is 0 Å². The van der Waals surface area contributed by atoms with E-state index in [1.807, 2.05) is 33.8 Å². The smallest absolute Gasteiger partial charge is 0.329 e. The molecule has 0 aromatic rings. The fraction of sp³-hybridized carbons (Fsp3) is 0.767. The summed E-state index contributed by atoms with van der Waals surface area (Å²) in [6, 6.07) is -1.06. The van der Waals surface area contributed by atoms with E-state index in [9.17, 15) is 29.4 Å². The van der Waals surface area contributed by atoms with Gasteiger partial charge in [-0.25, -0.2) is 4.79 Å². The molecule has 0 radical (unpaired) electrons. The molecule has 0 aromatic heterocycles. The molecule has 55 heavy (non-hydrogen) atoms. The first-order chi connectivity index (χ1) is 26.1. The molecule has 0 unspecified atom stereocenters. The molecule has 0 aromatic carbocycles. The monoisotopic (exact) mass is 773 g/mol. The topological polar surface area (TPSA) is 158 Å². The summed E-state index contributed by atoms with van der Waals surface area (Å²) in [5, 5.41) is 22.4. The Morgan fingerprint density at radius 2 is 1.64 bits per heavy atom. The first kappa shape index (κ1) is 45.0. The number of nitrogens with zero attached hydrogens (tertiary/aromatic N) is 1. The molecule has 3 aliphatic heterocycles. The van der Waals surface area contributed by atoms with Gasteiger partial charge in [-0.2, -0.15) is 0 Å². The molecular formula is C43H67NO11. The molecule has 2 saturated heterocycles. The van der Waals surface area contributed by atoms with Crippen LogP contribution in [-0.2, 0) is 42.9 Å². The van der Waals surface area contributed by atoms with Crippen LogP contribution in [0.15, 0.2) is 35.5 Å². The quantitative estimate of drug-likeness (QED) is 0.206. The van der Waals surface area contributed by atoms with Crippen molar-refractivity contribution in [2.75, 3.05) is 27.9 Å². The molecule has 12 nitrogen and oxygen atoms in total. The standard InChI is InChI=1S/C43H67NO11/c1-10-31-20-25(2)19-26(3)21-36(52-8)39-37(53-9)23-29(6)43(50,55-39)40(47)41(48)44-18-12-11-13-32(44)42(49)54-38(27(4)14-16-33(31)45)28(5)22-30-15-17-34(46)35(24-30)51-7/h14,16,20,22,26-27,29-32,34-39,46,50H,10-13,15,17-19,21,23-24H2,1-9H3/b16-14+,25-20+,28-22+/t26-,27+,29+,30-,31+,32-,34+,35+,36-,37-,38-,39+,43+/m0/s1. The third kappa shape index (κ3) is 10.8. The molecule has 1 aliphatic carbocycles. The van der Waals surface area contributed by atoms with E-state index in [1.54, 1.807) is 40.4 Å². The number of ketones is 2. The summed E-state index contributed by atoms with van der Waals surface area (Å²) in [6.07, 6.45) is 9.26. The number of hydrogen-bond donors (Lipinski definition) is 2. The van der Waals surface area contributed by atoms with Crippen LogP contribution in [0.4, 0.5) is 0 Å². The van der Waals surface area contributed by atoms with E-state index in [-0.39, 0.29) is 49.0 Å². The average Bonchev–Trinajstić information content (AvgIpc) is 3.17. The highest BCUT2D eigenvalue weighted by Crippen LogP contribution is 2.39. The molecule has 2 bridgehead atoms. The second kappa shape index (κ2) is 20.1. The van der Waals surface area contributed by atoms with E-state index in [0.29, 0.717) is 44.9 Å².